The zero-order chi connectivity index (χ0) is 8.39. The van der Waals surface area contributed by atoms with Gasteiger partial charge >= 0.3 is 80.3 Å². The number of rotatable bonds is 1. The Morgan fingerprint density at radius 2 is 2.17 bits per heavy atom. The second-order valence-electron chi connectivity index (χ2n) is 3.36. The average molecular weight is 225 g/mol. The second kappa shape index (κ2) is 3.64. The van der Waals surface area contributed by atoms with E-state index in [9.17, 15) is 0 Å². The zero-order valence-electron chi connectivity index (χ0n) is 7.42. The van der Waals surface area contributed by atoms with Gasteiger partial charge in [-0.15, -0.1) is 0 Å². The summed E-state index contributed by atoms with van der Waals surface area (Å²) in [7, 11) is 0. The molecule has 0 N–H and O–H groups in total. The summed E-state index contributed by atoms with van der Waals surface area (Å²) < 4.78 is 0. The first-order valence-corrected chi connectivity index (χ1v) is 6.75. The van der Waals surface area contributed by atoms with Crippen molar-refractivity contribution in [2.45, 2.75) is 29.9 Å². The van der Waals surface area contributed by atoms with Gasteiger partial charge in [0.25, 0.3) is 0 Å². The predicted octanol–water partition coefficient (Wildman–Crippen LogP) is 2.95. The molecule has 1 saturated heterocycles. The molecule has 1 heterocycles. The van der Waals surface area contributed by atoms with Crippen LogP contribution < -0.4 is 0 Å². The van der Waals surface area contributed by atoms with Gasteiger partial charge in [-0.25, -0.2) is 0 Å². The van der Waals surface area contributed by atoms with Crippen LogP contribution in [-0.2, 0) is 0 Å². The fourth-order valence-electron chi connectivity index (χ4n) is 1.77. The van der Waals surface area contributed by atoms with Crippen molar-refractivity contribution in [1.29, 1.82) is 0 Å². The summed E-state index contributed by atoms with van der Waals surface area (Å²) in [6.45, 7) is 2.24. The molecule has 1 atom stereocenters. The minimum absolute atomic E-state index is 0.881. The number of benzene rings is 1. The first-order valence-electron chi connectivity index (χ1n) is 4.55. The summed E-state index contributed by atoms with van der Waals surface area (Å²) in [4.78, 5) is 0.929. The molecular formula is C11H14Se. The van der Waals surface area contributed by atoms with Gasteiger partial charge in [-0.2, -0.15) is 0 Å². The van der Waals surface area contributed by atoms with Gasteiger partial charge < -0.3 is 0 Å². The Morgan fingerprint density at radius 3 is 2.83 bits per heavy atom. The summed E-state index contributed by atoms with van der Waals surface area (Å²) in [5, 5.41) is 1.49. The van der Waals surface area contributed by atoms with Crippen LogP contribution >= 0.6 is 0 Å². The Morgan fingerprint density at radius 1 is 1.33 bits per heavy atom. The molecule has 0 bridgehead atoms. The van der Waals surface area contributed by atoms with Gasteiger partial charge in [0.05, 0.1) is 0 Å². The van der Waals surface area contributed by atoms with Crippen LogP contribution in [-0.4, -0.2) is 15.0 Å². The van der Waals surface area contributed by atoms with Gasteiger partial charge in [0, 0.05) is 0 Å². The molecule has 1 heteroatoms. The Labute approximate surface area is 80.5 Å². The van der Waals surface area contributed by atoms with Crippen LogP contribution in [0.3, 0.4) is 0 Å². The molecule has 1 aromatic rings. The molecule has 0 nitrogen and oxygen atoms in total. The summed E-state index contributed by atoms with van der Waals surface area (Å²) in [5.41, 5.74) is 3.11. The molecule has 0 radical (unpaired) electrons. The fourth-order valence-corrected chi connectivity index (χ4v) is 4.70. The average Bonchev–Trinajstić information content (AvgIpc) is 2.57. The van der Waals surface area contributed by atoms with E-state index in [0.717, 1.165) is 19.8 Å². The standard InChI is InChI=1S/C11H14Se/c1-9-5-2-3-6-10(9)11-7-4-8-12-11/h2-3,5-6,11H,4,7-8H2,1H3. The quantitative estimate of drug-likeness (QED) is 0.644. The van der Waals surface area contributed by atoms with E-state index in [2.05, 4.69) is 31.2 Å². The molecule has 0 amide bonds. The molecule has 1 aliphatic rings. The van der Waals surface area contributed by atoms with Crippen molar-refractivity contribution < 1.29 is 0 Å². The van der Waals surface area contributed by atoms with Crippen molar-refractivity contribution in [1.82, 2.24) is 0 Å². The topological polar surface area (TPSA) is 0 Å². The Kier molecular flexibility index (Phi) is 2.53. The van der Waals surface area contributed by atoms with Crippen molar-refractivity contribution in [3.63, 3.8) is 0 Å². The van der Waals surface area contributed by atoms with Gasteiger partial charge in [-0.05, 0) is 0 Å². The molecular weight excluding hydrogens is 211 g/mol. The molecule has 1 unspecified atom stereocenters. The third-order valence-electron chi connectivity index (χ3n) is 2.47. The van der Waals surface area contributed by atoms with Gasteiger partial charge in [-0.3, -0.25) is 0 Å². The van der Waals surface area contributed by atoms with Crippen molar-refractivity contribution in [3.8, 4) is 0 Å². The van der Waals surface area contributed by atoms with Gasteiger partial charge in [-0.1, -0.05) is 0 Å². The molecule has 1 fully saturated rings. The van der Waals surface area contributed by atoms with Crippen LogP contribution in [0.25, 0.3) is 0 Å². The fraction of sp³-hybridized carbons (Fsp3) is 0.455. The van der Waals surface area contributed by atoms with Crippen LogP contribution in [0, 0.1) is 6.92 Å². The van der Waals surface area contributed by atoms with E-state index in [1.54, 1.807) is 5.56 Å². The predicted molar refractivity (Wildman–Crippen MR) is 53.7 cm³/mol. The summed E-state index contributed by atoms with van der Waals surface area (Å²) in [6, 6.07) is 8.87. The van der Waals surface area contributed by atoms with E-state index in [-0.39, 0.29) is 0 Å². The number of aryl methyl sites for hydroxylation is 1. The number of hydrogen-bond donors (Lipinski definition) is 0. The van der Waals surface area contributed by atoms with Crippen LogP contribution in [0.15, 0.2) is 24.3 Å². The third-order valence-corrected chi connectivity index (χ3v) is 5.44. The molecule has 0 aliphatic carbocycles. The summed E-state index contributed by atoms with van der Waals surface area (Å²) in [6.07, 6.45) is 2.89. The molecule has 0 aromatic heterocycles. The Bertz CT molecular complexity index is 261. The maximum absolute atomic E-state index is 2.31. The SMILES string of the molecule is Cc1ccccc1C1CCC[Se]1. The normalized spacial score (nSPS) is 22.9. The molecule has 0 spiro atoms. The van der Waals surface area contributed by atoms with Crippen molar-refractivity contribution in [2.75, 3.05) is 0 Å². The molecule has 1 aromatic carbocycles. The first kappa shape index (κ1) is 8.34. The van der Waals surface area contributed by atoms with E-state index >= 15 is 0 Å². The van der Waals surface area contributed by atoms with Crippen LogP contribution in [0.2, 0.25) is 5.32 Å². The monoisotopic (exact) mass is 226 g/mol. The zero-order valence-corrected chi connectivity index (χ0v) is 9.13. The van der Waals surface area contributed by atoms with Crippen molar-refractivity contribution in [2.24, 2.45) is 0 Å². The molecule has 64 valence electrons. The van der Waals surface area contributed by atoms with Crippen molar-refractivity contribution in [3.05, 3.63) is 35.4 Å². The molecule has 0 saturated carbocycles. The Balaban J connectivity index is 2.26. The molecule has 2 rings (SSSR count). The summed E-state index contributed by atoms with van der Waals surface area (Å²) >= 11 is 0.881. The van der Waals surface area contributed by atoms with Gasteiger partial charge in [0.2, 0.25) is 0 Å². The van der Waals surface area contributed by atoms with E-state index in [1.807, 2.05) is 0 Å². The van der Waals surface area contributed by atoms with Gasteiger partial charge in [0.1, 0.15) is 0 Å². The molecule has 12 heavy (non-hydrogen) atoms. The van der Waals surface area contributed by atoms with Crippen LogP contribution in [0.5, 0.6) is 0 Å². The van der Waals surface area contributed by atoms with Crippen LogP contribution in [0.4, 0.5) is 0 Å². The van der Waals surface area contributed by atoms with E-state index < -0.39 is 0 Å². The van der Waals surface area contributed by atoms with Gasteiger partial charge in [0.15, 0.2) is 0 Å². The molecule has 1 aliphatic heterocycles. The number of hydrogen-bond acceptors (Lipinski definition) is 0. The van der Waals surface area contributed by atoms with Crippen LogP contribution in [0.1, 0.15) is 28.8 Å². The second-order valence-corrected chi connectivity index (χ2v) is 6.11. The minimum atomic E-state index is 0.881. The summed E-state index contributed by atoms with van der Waals surface area (Å²) in [5.74, 6) is 0. The third kappa shape index (κ3) is 1.57. The van der Waals surface area contributed by atoms with Crippen molar-refractivity contribution >= 4 is 15.0 Å². The maximum atomic E-state index is 2.31. The first-order chi connectivity index (χ1) is 5.88. The Hall–Kier alpha value is -0.261. The van der Waals surface area contributed by atoms with E-state index in [1.165, 1.54) is 23.7 Å². The van der Waals surface area contributed by atoms with E-state index in [0.29, 0.717) is 0 Å². The van der Waals surface area contributed by atoms with E-state index in [4.69, 9.17) is 0 Å².